The Morgan fingerprint density at radius 1 is 1.29 bits per heavy atom. The molecule has 0 radical (unpaired) electrons. The van der Waals surface area contributed by atoms with Gasteiger partial charge in [-0.15, -0.1) is 20.4 Å². The molecule has 0 atom stereocenters. The summed E-state index contributed by atoms with van der Waals surface area (Å²) in [4.78, 5) is 14.6. The summed E-state index contributed by atoms with van der Waals surface area (Å²) in [6.45, 7) is 1.40. The van der Waals surface area contributed by atoms with Crippen molar-refractivity contribution in [3.05, 3.63) is 34.5 Å². The molecular weight excluding hydrogens is 376 g/mol. The number of piperidine rings is 1. The largest absolute Gasteiger partial charge is 0.336 e. The average Bonchev–Trinajstić information content (AvgIpc) is 3.25. The number of pyridine rings is 1. The van der Waals surface area contributed by atoms with E-state index in [0.717, 1.165) is 29.6 Å². The Morgan fingerprint density at radius 3 is 2.88 bits per heavy atom. The molecule has 1 N–H and O–H groups in total. The van der Waals surface area contributed by atoms with Gasteiger partial charge in [0, 0.05) is 25.7 Å². The number of carbonyl (C=O) groups is 1. The molecule has 124 valence electrons. The molecule has 3 aromatic heterocycles. The van der Waals surface area contributed by atoms with Gasteiger partial charge in [0.15, 0.2) is 11.5 Å². The molecule has 0 aliphatic carbocycles. The summed E-state index contributed by atoms with van der Waals surface area (Å²) in [6, 6.07) is 3.73. The molecule has 0 unspecified atom stereocenters. The first-order chi connectivity index (χ1) is 11.7. The molecule has 1 aliphatic rings. The van der Waals surface area contributed by atoms with Crippen LogP contribution in [-0.2, 0) is 6.42 Å². The van der Waals surface area contributed by atoms with Gasteiger partial charge in [-0.1, -0.05) is 5.21 Å². The lowest BCUT2D eigenvalue weighted by Crippen LogP contribution is -2.39. The van der Waals surface area contributed by atoms with Gasteiger partial charge in [0.1, 0.15) is 0 Å². The Labute approximate surface area is 145 Å². The van der Waals surface area contributed by atoms with E-state index in [4.69, 9.17) is 0 Å². The number of aromatic nitrogens is 7. The van der Waals surface area contributed by atoms with Crippen LogP contribution in [0.5, 0.6) is 0 Å². The maximum Gasteiger partial charge on any atom is 0.292 e. The maximum atomic E-state index is 12.8. The second-order valence-corrected chi connectivity index (χ2v) is 6.70. The molecule has 9 nitrogen and oxygen atoms in total. The van der Waals surface area contributed by atoms with E-state index >= 15 is 0 Å². The van der Waals surface area contributed by atoms with Crippen molar-refractivity contribution >= 4 is 27.5 Å². The third-order valence-electron chi connectivity index (χ3n) is 4.34. The number of nitrogens with one attached hydrogen (secondary N) is 1. The molecule has 4 rings (SSSR count). The smallest absolute Gasteiger partial charge is 0.292 e. The Bertz CT molecular complexity index is 853. The van der Waals surface area contributed by atoms with Crippen LogP contribution in [0.1, 0.15) is 29.3 Å². The first kappa shape index (κ1) is 15.2. The number of carbonyl (C=O) groups excluding carboxylic acids is 1. The highest BCUT2D eigenvalue weighted by molar-refractivity contribution is 9.10. The topological polar surface area (TPSA) is 105 Å². The van der Waals surface area contributed by atoms with E-state index in [-0.39, 0.29) is 5.91 Å². The van der Waals surface area contributed by atoms with Crippen LogP contribution in [0.2, 0.25) is 0 Å². The zero-order chi connectivity index (χ0) is 16.5. The summed E-state index contributed by atoms with van der Waals surface area (Å²) in [5.74, 6) is 1.46. The molecule has 10 heteroatoms. The molecule has 1 fully saturated rings. The second-order valence-electron chi connectivity index (χ2n) is 5.84. The molecule has 1 saturated heterocycles. The molecule has 4 heterocycles. The second kappa shape index (κ2) is 6.27. The van der Waals surface area contributed by atoms with E-state index in [0.29, 0.717) is 30.5 Å². The summed E-state index contributed by atoms with van der Waals surface area (Å²) in [6.07, 6.45) is 4.43. The zero-order valence-electron chi connectivity index (χ0n) is 12.8. The van der Waals surface area contributed by atoms with Crippen LogP contribution in [0.25, 0.3) is 5.65 Å². The van der Waals surface area contributed by atoms with Crippen LogP contribution in [0.15, 0.2) is 22.8 Å². The van der Waals surface area contributed by atoms with Crippen LogP contribution in [0, 0.1) is 5.92 Å². The number of likely N-dealkylation sites (tertiary alicyclic amines) is 1. The number of rotatable bonds is 3. The van der Waals surface area contributed by atoms with Crippen molar-refractivity contribution in [2.24, 2.45) is 5.92 Å². The van der Waals surface area contributed by atoms with E-state index in [1.807, 2.05) is 17.0 Å². The maximum absolute atomic E-state index is 12.8. The molecule has 0 spiro atoms. The number of fused-ring (bicyclic) bond motifs is 1. The van der Waals surface area contributed by atoms with Crippen LogP contribution < -0.4 is 0 Å². The zero-order valence-corrected chi connectivity index (χ0v) is 14.3. The normalized spacial score (nSPS) is 16.0. The number of aromatic amines is 1. The molecule has 0 aromatic carbocycles. The number of hydrogen-bond acceptors (Lipinski definition) is 6. The Balaban J connectivity index is 1.45. The molecule has 0 bridgehead atoms. The number of amides is 1. The lowest BCUT2D eigenvalue weighted by atomic mass is 9.93. The fourth-order valence-electron chi connectivity index (χ4n) is 3.04. The molecule has 1 aliphatic heterocycles. The van der Waals surface area contributed by atoms with E-state index in [2.05, 4.69) is 46.8 Å². The van der Waals surface area contributed by atoms with Gasteiger partial charge in [0.25, 0.3) is 5.91 Å². The van der Waals surface area contributed by atoms with Crippen molar-refractivity contribution in [2.75, 3.05) is 13.1 Å². The predicted molar refractivity (Wildman–Crippen MR) is 87.2 cm³/mol. The molecular formula is C14H15BrN8O. The number of hydrogen-bond donors (Lipinski definition) is 1. The van der Waals surface area contributed by atoms with E-state index in [1.165, 1.54) is 0 Å². The monoisotopic (exact) mass is 390 g/mol. The number of tetrazole rings is 1. The van der Waals surface area contributed by atoms with Crippen molar-refractivity contribution in [1.29, 1.82) is 0 Å². The quantitative estimate of drug-likeness (QED) is 0.717. The highest BCUT2D eigenvalue weighted by atomic mass is 79.9. The minimum absolute atomic E-state index is 0.0846. The lowest BCUT2D eigenvalue weighted by molar-refractivity contribution is 0.0676. The molecule has 0 saturated carbocycles. The molecule has 24 heavy (non-hydrogen) atoms. The summed E-state index contributed by atoms with van der Waals surface area (Å²) in [7, 11) is 0. The van der Waals surface area contributed by atoms with Gasteiger partial charge in [-0.3, -0.25) is 9.20 Å². The van der Waals surface area contributed by atoms with Crippen molar-refractivity contribution < 1.29 is 4.79 Å². The minimum atomic E-state index is -0.0846. The fourth-order valence-corrected chi connectivity index (χ4v) is 3.46. The summed E-state index contributed by atoms with van der Waals surface area (Å²) in [5, 5.41) is 22.2. The minimum Gasteiger partial charge on any atom is -0.336 e. The van der Waals surface area contributed by atoms with Gasteiger partial charge < -0.3 is 4.90 Å². The highest BCUT2D eigenvalue weighted by Gasteiger charge is 2.27. The van der Waals surface area contributed by atoms with Gasteiger partial charge in [0.05, 0.1) is 4.47 Å². The number of H-pyrrole nitrogens is 1. The van der Waals surface area contributed by atoms with Crippen molar-refractivity contribution in [2.45, 2.75) is 19.3 Å². The number of nitrogens with zero attached hydrogens (tertiary/aromatic N) is 7. The number of halogens is 1. The van der Waals surface area contributed by atoms with Crippen LogP contribution >= 0.6 is 15.9 Å². The Hall–Kier alpha value is -2.36. The van der Waals surface area contributed by atoms with Crippen LogP contribution in [-0.4, -0.2) is 59.1 Å². The first-order valence-electron chi connectivity index (χ1n) is 7.73. The summed E-state index contributed by atoms with van der Waals surface area (Å²) >= 11 is 3.42. The standard InChI is InChI=1S/C14H15BrN8O/c15-10-2-1-5-23-12(10)18-19-13(23)14(24)22-6-3-9(4-7-22)8-11-16-20-21-17-11/h1-2,5,9H,3-4,6-8H2,(H,16,17,20,21). The SMILES string of the molecule is O=C(c1nnc2c(Br)cccn12)N1CCC(Cc2nn[nH]n2)CC1. The van der Waals surface area contributed by atoms with Gasteiger partial charge in [-0.25, -0.2) is 0 Å². The highest BCUT2D eigenvalue weighted by Crippen LogP contribution is 2.22. The molecule has 3 aromatic rings. The Kier molecular flexibility index (Phi) is 3.97. The first-order valence-corrected chi connectivity index (χ1v) is 8.52. The van der Waals surface area contributed by atoms with Gasteiger partial charge in [-0.05, 0) is 46.8 Å². The van der Waals surface area contributed by atoms with E-state index in [1.54, 1.807) is 10.6 Å². The fraction of sp³-hybridized carbons (Fsp3) is 0.429. The van der Waals surface area contributed by atoms with E-state index in [9.17, 15) is 4.79 Å². The Morgan fingerprint density at radius 2 is 2.12 bits per heavy atom. The third-order valence-corrected chi connectivity index (χ3v) is 4.96. The van der Waals surface area contributed by atoms with Crippen molar-refractivity contribution in [1.82, 2.24) is 40.1 Å². The summed E-state index contributed by atoms with van der Waals surface area (Å²) < 4.78 is 2.54. The van der Waals surface area contributed by atoms with E-state index < -0.39 is 0 Å². The van der Waals surface area contributed by atoms with Gasteiger partial charge in [-0.2, -0.15) is 5.21 Å². The van der Waals surface area contributed by atoms with Gasteiger partial charge in [0.2, 0.25) is 5.82 Å². The third kappa shape index (κ3) is 2.77. The van der Waals surface area contributed by atoms with Crippen molar-refractivity contribution in [3.63, 3.8) is 0 Å². The summed E-state index contributed by atoms with van der Waals surface area (Å²) in [5.41, 5.74) is 0.646. The van der Waals surface area contributed by atoms with Gasteiger partial charge >= 0.3 is 0 Å². The predicted octanol–water partition coefficient (Wildman–Crippen LogP) is 1.10. The lowest BCUT2D eigenvalue weighted by Gasteiger charge is -2.31. The van der Waals surface area contributed by atoms with Crippen LogP contribution in [0.3, 0.4) is 0 Å². The average molecular weight is 391 g/mol. The van der Waals surface area contributed by atoms with Crippen LogP contribution in [0.4, 0.5) is 0 Å². The molecule has 1 amide bonds. The van der Waals surface area contributed by atoms with Crippen molar-refractivity contribution in [3.8, 4) is 0 Å².